The van der Waals surface area contributed by atoms with Gasteiger partial charge in [-0.3, -0.25) is 0 Å². The molecule has 0 aromatic heterocycles. The zero-order valence-electron chi connectivity index (χ0n) is 10.7. The minimum atomic E-state index is -3.45. The molecule has 0 amide bonds. The zero-order chi connectivity index (χ0) is 13.5. The lowest BCUT2D eigenvalue weighted by Crippen LogP contribution is -2.39. The van der Waals surface area contributed by atoms with Crippen molar-refractivity contribution in [2.45, 2.75) is 37.5 Å². The third-order valence-corrected chi connectivity index (χ3v) is 5.73. The predicted octanol–water partition coefficient (Wildman–Crippen LogP) is 2.43. The number of benzene rings is 1. The van der Waals surface area contributed by atoms with Crippen LogP contribution >= 0.6 is 0 Å². The third kappa shape index (κ3) is 2.82. The molecule has 1 aromatic rings. The average molecular weight is 283 g/mol. The molecule has 1 aromatic carbocycles. The molecule has 0 saturated heterocycles. The molecule has 2 saturated carbocycles. The first-order valence-electron chi connectivity index (χ1n) is 6.77. The summed E-state index contributed by atoms with van der Waals surface area (Å²) < 4.78 is 40.5. The van der Waals surface area contributed by atoms with E-state index in [1.54, 1.807) is 12.1 Å². The summed E-state index contributed by atoms with van der Waals surface area (Å²) in [5, 5.41) is 0. The first-order valence-corrected chi connectivity index (χ1v) is 8.42. The van der Waals surface area contributed by atoms with E-state index >= 15 is 0 Å². The Morgan fingerprint density at radius 3 is 2.63 bits per heavy atom. The van der Waals surface area contributed by atoms with Gasteiger partial charge in [0.1, 0.15) is 5.82 Å². The van der Waals surface area contributed by atoms with Gasteiger partial charge in [-0.15, -0.1) is 0 Å². The number of hydrogen-bond acceptors (Lipinski definition) is 2. The van der Waals surface area contributed by atoms with Crippen molar-refractivity contribution in [2.24, 2.45) is 11.8 Å². The van der Waals surface area contributed by atoms with Crippen LogP contribution in [0, 0.1) is 17.7 Å². The van der Waals surface area contributed by atoms with Gasteiger partial charge in [-0.05, 0) is 37.2 Å². The van der Waals surface area contributed by atoms with Gasteiger partial charge in [0, 0.05) is 11.6 Å². The molecule has 2 aliphatic rings. The van der Waals surface area contributed by atoms with E-state index < -0.39 is 15.8 Å². The van der Waals surface area contributed by atoms with Gasteiger partial charge in [0.2, 0.25) is 10.0 Å². The van der Waals surface area contributed by atoms with Crippen LogP contribution in [0.15, 0.2) is 24.3 Å². The summed E-state index contributed by atoms with van der Waals surface area (Å²) in [6.45, 7) is 0. The van der Waals surface area contributed by atoms with E-state index in [0.29, 0.717) is 11.8 Å². The maximum Gasteiger partial charge on any atom is 0.216 e. The van der Waals surface area contributed by atoms with Crippen molar-refractivity contribution >= 4 is 10.0 Å². The molecular formula is C14H18FNO2S. The van der Waals surface area contributed by atoms with Gasteiger partial charge in [0.15, 0.2) is 0 Å². The molecule has 2 bridgehead atoms. The van der Waals surface area contributed by atoms with Crippen molar-refractivity contribution < 1.29 is 12.8 Å². The van der Waals surface area contributed by atoms with E-state index in [1.807, 2.05) is 0 Å². The van der Waals surface area contributed by atoms with Gasteiger partial charge in [-0.25, -0.2) is 17.5 Å². The molecule has 2 aliphatic carbocycles. The molecule has 19 heavy (non-hydrogen) atoms. The van der Waals surface area contributed by atoms with Gasteiger partial charge in [0.05, 0.1) is 5.75 Å². The molecule has 0 aliphatic heterocycles. The molecule has 3 nitrogen and oxygen atoms in total. The standard InChI is InChI=1S/C14H18FNO2S/c15-13-4-2-1-3-12(13)9-19(17,18)16-14-8-10-5-6-11(14)7-10/h1-4,10-11,14,16H,5-9H2/t10-,11-,14-/m0/s1. The van der Waals surface area contributed by atoms with Gasteiger partial charge < -0.3 is 0 Å². The molecule has 3 atom stereocenters. The Labute approximate surface area is 113 Å². The van der Waals surface area contributed by atoms with E-state index in [9.17, 15) is 12.8 Å². The van der Waals surface area contributed by atoms with Gasteiger partial charge in [-0.2, -0.15) is 0 Å². The number of rotatable bonds is 4. The van der Waals surface area contributed by atoms with Crippen LogP contribution in [0.3, 0.4) is 0 Å². The lowest BCUT2D eigenvalue weighted by molar-refractivity contribution is 0.390. The molecule has 104 valence electrons. The molecule has 2 fully saturated rings. The number of fused-ring (bicyclic) bond motifs is 2. The minimum absolute atomic E-state index is 0.0653. The molecule has 0 spiro atoms. The maximum absolute atomic E-state index is 13.5. The van der Waals surface area contributed by atoms with Gasteiger partial charge in [-0.1, -0.05) is 24.6 Å². The number of nitrogens with one attached hydrogen (secondary N) is 1. The van der Waals surface area contributed by atoms with Gasteiger partial charge in [0.25, 0.3) is 0 Å². The first kappa shape index (κ1) is 13.1. The molecule has 1 N–H and O–H groups in total. The molecule has 0 radical (unpaired) electrons. The van der Waals surface area contributed by atoms with Crippen molar-refractivity contribution in [3.63, 3.8) is 0 Å². The van der Waals surface area contributed by atoms with E-state index in [0.717, 1.165) is 19.3 Å². The fraction of sp³-hybridized carbons (Fsp3) is 0.571. The van der Waals surface area contributed by atoms with Crippen LogP contribution in [-0.2, 0) is 15.8 Å². The van der Waals surface area contributed by atoms with Crippen LogP contribution < -0.4 is 4.72 Å². The first-order chi connectivity index (χ1) is 9.03. The van der Waals surface area contributed by atoms with E-state index in [4.69, 9.17) is 0 Å². The Bertz CT molecular complexity index is 573. The Morgan fingerprint density at radius 1 is 1.21 bits per heavy atom. The monoisotopic (exact) mass is 283 g/mol. The highest BCUT2D eigenvalue weighted by Crippen LogP contribution is 2.44. The number of sulfonamides is 1. The minimum Gasteiger partial charge on any atom is -0.212 e. The lowest BCUT2D eigenvalue weighted by atomic mass is 9.96. The average Bonchev–Trinajstić information content (AvgIpc) is 2.93. The molecule has 3 rings (SSSR count). The second kappa shape index (κ2) is 4.87. The Balaban J connectivity index is 1.68. The van der Waals surface area contributed by atoms with Crippen molar-refractivity contribution in [3.05, 3.63) is 35.6 Å². The van der Waals surface area contributed by atoms with Crippen LogP contribution in [0.1, 0.15) is 31.2 Å². The SMILES string of the molecule is O=S(=O)(Cc1ccccc1F)N[C@H]1C[C@H]2CC[C@H]1C2. The topological polar surface area (TPSA) is 46.2 Å². The van der Waals surface area contributed by atoms with E-state index in [-0.39, 0.29) is 17.4 Å². The fourth-order valence-corrected chi connectivity index (χ4v) is 4.96. The molecule has 5 heteroatoms. The summed E-state index contributed by atoms with van der Waals surface area (Å²) in [5.74, 6) is 0.445. The Kier molecular flexibility index (Phi) is 3.35. The second-order valence-corrected chi connectivity index (χ2v) is 7.50. The van der Waals surface area contributed by atoms with E-state index in [1.165, 1.54) is 18.6 Å². The van der Waals surface area contributed by atoms with Crippen LogP contribution in [0.2, 0.25) is 0 Å². The van der Waals surface area contributed by atoms with Crippen LogP contribution in [0.4, 0.5) is 4.39 Å². The van der Waals surface area contributed by atoms with Crippen LogP contribution in [-0.4, -0.2) is 14.5 Å². The van der Waals surface area contributed by atoms with Crippen molar-refractivity contribution in [2.75, 3.05) is 0 Å². The summed E-state index contributed by atoms with van der Waals surface area (Å²) in [7, 11) is -3.45. The molecule has 0 heterocycles. The number of hydrogen-bond donors (Lipinski definition) is 1. The van der Waals surface area contributed by atoms with Gasteiger partial charge >= 0.3 is 0 Å². The highest BCUT2D eigenvalue weighted by Gasteiger charge is 2.41. The predicted molar refractivity (Wildman–Crippen MR) is 71.4 cm³/mol. The van der Waals surface area contributed by atoms with Crippen LogP contribution in [0.5, 0.6) is 0 Å². The number of halogens is 1. The second-order valence-electron chi connectivity index (χ2n) is 5.75. The fourth-order valence-electron chi connectivity index (χ4n) is 3.48. The Hall–Kier alpha value is -0.940. The summed E-state index contributed by atoms with van der Waals surface area (Å²) >= 11 is 0. The quantitative estimate of drug-likeness (QED) is 0.922. The molecular weight excluding hydrogens is 265 g/mol. The maximum atomic E-state index is 13.5. The van der Waals surface area contributed by atoms with Crippen molar-refractivity contribution in [3.8, 4) is 0 Å². The normalized spacial score (nSPS) is 29.8. The van der Waals surface area contributed by atoms with E-state index in [2.05, 4.69) is 4.72 Å². The summed E-state index contributed by atoms with van der Waals surface area (Å²) in [5.41, 5.74) is 0.234. The lowest BCUT2D eigenvalue weighted by Gasteiger charge is -2.22. The van der Waals surface area contributed by atoms with Crippen molar-refractivity contribution in [1.29, 1.82) is 0 Å². The summed E-state index contributed by atoms with van der Waals surface area (Å²) in [4.78, 5) is 0. The van der Waals surface area contributed by atoms with Crippen molar-refractivity contribution in [1.82, 2.24) is 4.72 Å². The smallest absolute Gasteiger partial charge is 0.212 e. The largest absolute Gasteiger partial charge is 0.216 e. The molecule has 0 unspecified atom stereocenters. The highest BCUT2D eigenvalue weighted by atomic mass is 32.2. The zero-order valence-corrected chi connectivity index (χ0v) is 11.5. The summed E-state index contributed by atoms with van der Waals surface area (Å²) in [6.07, 6.45) is 4.45. The highest BCUT2D eigenvalue weighted by molar-refractivity contribution is 7.88. The van der Waals surface area contributed by atoms with Crippen LogP contribution in [0.25, 0.3) is 0 Å². The Morgan fingerprint density at radius 2 is 2.00 bits per heavy atom. The third-order valence-electron chi connectivity index (χ3n) is 4.37. The summed E-state index contributed by atoms with van der Waals surface area (Å²) in [6, 6.07) is 6.11.